The number of rotatable bonds is 5. The van der Waals surface area contributed by atoms with E-state index in [1.807, 2.05) is 36.4 Å². The normalized spacial score (nSPS) is 10.4. The first-order chi connectivity index (χ1) is 10.7. The average Bonchev–Trinajstić information content (AvgIpc) is 3.03. The van der Waals surface area contributed by atoms with Gasteiger partial charge in [-0.05, 0) is 18.2 Å². The third-order valence-electron chi connectivity index (χ3n) is 3.14. The first kappa shape index (κ1) is 13.8. The molecule has 22 heavy (non-hydrogen) atoms. The summed E-state index contributed by atoms with van der Waals surface area (Å²) in [4.78, 5) is 10.1. The lowest BCUT2D eigenvalue weighted by atomic mass is 10.1. The number of aromatic nitrogens is 2. The number of non-ortho nitro benzene ring substituents is 1. The van der Waals surface area contributed by atoms with Crippen molar-refractivity contribution >= 4 is 5.69 Å². The molecule has 2 aromatic carbocycles. The van der Waals surface area contributed by atoms with Crippen molar-refractivity contribution in [3.05, 3.63) is 76.5 Å². The molecule has 110 valence electrons. The Kier molecular flexibility index (Phi) is 3.82. The molecule has 0 amide bonds. The third-order valence-corrected chi connectivity index (χ3v) is 3.14. The van der Waals surface area contributed by atoms with Crippen LogP contribution in [0.4, 0.5) is 5.69 Å². The van der Waals surface area contributed by atoms with Crippen molar-refractivity contribution < 1.29 is 9.66 Å². The number of hydrogen-bond acceptors (Lipinski definition) is 4. The van der Waals surface area contributed by atoms with E-state index in [0.29, 0.717) is 12.4 Å². The van der Waals surface area contributed by atoms with Crippen LogP contribution in [0.5, 0.6) is 5.75 Å². The van der Waals surface area contributed by atoms with E-state index in [9.17, 15) is 10.1 Å². The van der Waals surface area contributed by atoms with Crippen LogP contribution in [-0.4, -0.2) is 15.1 Å². The third kappa shape index (κ3) is 3.12. The maximum Gasteiger partial charge on any atom is 0.269 e. The molecule has 0 spiro atoms. The zero-order valence-corrected chi connectivity index (χ0v) is 11.6. The molecule has 0 saturated carbocycles. The zero-order valence-electron chi connectivity index (χ0n) is 11.6. The number of nitro benzene ring substituents is 1. The second-order valence-corrected chi connectivity index (χ2v) is 4.68. The van der Waals surface area contributed by atoms with Crippen LogP contribution in [-0.2, 0) is 6.61 Å². The molecular weight excluding hydrogens is 282 g/mol. The van der Waals surface area contributed by atoms with Crippen molar-refractivity contribution in [2.75, 3.05) is 0 Å². The second kappa shape index (κ2) is 6.09. The van der Waals surface area contributed by atoms with Crippen LogP contribution in [0.15, 0.2) is 60.7 Å². The van der Waals surface area contributed by atoms with E-state index in [0.717, 1.165) is 17.0 Å². The molecule has 0 aliphatic carbocycles. The van der Waals surface area contributed by atoms with Gasteiger partial charge < -0.3 is 4.74 Å². The van der Waals surface area contributed by atoms with Gasteiger partial charge in [0.1, 0.15) is 12.4 Å². The second-order valence-electron chi connectivity index (χ2n) is 4.68. The Balaban J connectivity index is 1.65. The van der Waals surface area contributed by atoms with Crippen molar-refractivity contribution in [3.63, 3.8) is 0 Å². The SMILES string of the molecule is O=[N+]([O-])c1ccc(OCc2cc(-c3ccccc3)n[nH]2)cc1. The van der Waals surface area contributed by atoms with Gasteiger partial charge in [0.15, 0.2) is 0 Å². The predicted octanol–water partition coefficient (Wildman–Crippen LogP) is 3.56. The fourth-order valence-corrected chi connectivity index (χ4v) is 2.02. The van der Waals surface area contributed by atoms with Gasteiger partial charge in [-0.3, -0.25) is 15.2 Å². The number of nitro groups is 1. The lowest BCUT2D eigenvalue weighted by molar-refractivity contribution is -0.384. The molecule has 0 atom stereocenters. The topological polar surface area (TPSA) is 81.1 Å². The number of hydrogen-bond donors (Lipinski definition) is 1. The van der Waals surface area contributed by atoms with E-state index in [1.54, 1.807) is 12.1 Å². The monoisotopic (exact) mass is 295 g/mol. The minimum Gasteiger partial charge on any atom is -0.487 e. The Morgan fingerprint density at radius 2 is 1.82 bits per heavy atom. The molecule has 0 fully saturated rings. The molecule has 0 bridgehead atoms. The van der Waals surface area contributed by atoms with E-state index >= 15 is 0 Å². The van der Waals surface area contributed by atoms with E-state index in [4.69, 9.17) is 4.74 Å². The fourth-order valence-electron chi connectivity index (χ4n) is 2.02. The highest BCUT2D eigenvalue weighted by molar-refractivity contribution is 5.58. The van der Waals surface area contributed by atoms with Crippen molar-refractivity contribution in [1.29, 1.82) is 0 Å². The summed E-state index contributed by atoms with van der Waals surface area (Å²) in [5, 5.41) is 17.7. The molecule has 0 radical (unpaired) electrons. The Morgan fingerprint density at radius 1 is 1.09 bits per heavy atom. The Morgan fingerprint density at radius 3 is 2.50 bits per heavy atom. The summed E-state index contributed by atoms with van der Waals surface area (Å²) in [6.07, 6.45) is 0. The molecular formula is C16H13N3O3. The molecule has 6 heteroatoms. The summed E-state index contributed by atoms with van der Waals surface area (Å²) in [6, 6.07) is 17.7. The van der Waals surface area contributed by atoms with Crippen LogP contribution in [0.25, 0.3) is 11.3 Å². The molecule has 0 aliphatic rings. The van der Waals surface area contributed by atoms with Crippen molar-refractivity contribution in [1.82, 2.24) is 10.2 Å². The highest BCUT2D eigenvalue weighted by Gasteiger charge is 2.06. The summed E-state index contributed by atoms with van der Waals surface area (Å²) in [6.45, 7) is 0.317. The number of H-pyrrole nitrogens is 1. The van der Waals surface area contributed by atoms with Crippen LogP contribution < -0.4 is 4.74 Å². The summed E-state index contributed by atoms with van der Waals surface area (Å²) < 4.78 is 5.58. The summed E-state index contributed by atoms with van der Waals surface area (Å²) in [7, 11) is 0. The first-order valence-electron chi connectivity index (χ1n) is 6.69. The summed E-state index contributed by atoms with van der Waals surface area (Å²) >= 11 is 0. The lowest BCUT2D eigenvalue weighted by Gasteiger charge is -2.03. The minimum absolute atomic E-state index is 0.0419. The summed E-state index contributed by atoms with van der Waals surface area (Å²) in [5.74, 6) is 0.571. The van der Waals surface area contributed by atoms with Gasteiger partial charge in [0.25, 0.3) is 5.69 Å². The van der Waals surface area contributed by atoms with Crippen LogP contribution in [0, 0.1) is 10.1 Å². The maximum absolute atomic E-state index is 10.6. The van der Waals surface area contributed by atoms with Crippen molar-refractivity contribution in [2.45, 2.75) is 6.61 Å². The van der Waals surface area contributed by atoms with Crippen LogP contribution >= 0.6 is 0 Å². The molecule has 6 nitrogen and oxygen atoms in total. The Bertz CT molecular complexity index is 767. The Hall–Kier alpha value is -3.15. The van der Waals surface area contributed by atoms with Crippen LogP contribution in [0.2, 0.25) is 0 Å². The highest BCUT2D eigenvalue weighted by atomic mass is 16.6. The molecule has 1 N–H and O–H groups in total. The number of aromatic amines is 1. The minimum atomic E-state index is -0.440. The fraction of sp³-hybridized carbons (Fsp3) is 0.0625. The molecule has 3 rings (SSSR count). The van der Waals surface area contributed by atoms with Gasteiger partial charge in [0.05, 0.1) is 16.3 Å². The van der Waals surface area contributed by atoms with Gasteiger partial charge in [-0.25, -0.2) is 0 Å². The molecule has 1 heterocycles. The highest BCUT2D eigenvalue weighted by Crippen LogP contribution is 2.20. The first-order valence-corrected chi connectivity index (χ1v) is 6.69. The van der Waals surface area contributed by atoms with Gasteiger partial charge in [-0.15, -0.1) is 0 Å². The van der Waals surface area contributed by atoms with Crippen molar-refractivity contribution in [2.24, 2.45) is 0 Å². The summed E-state index contributed by atoms with van der Waals surface area (Å²) in [5.41, 5.74) is 2.75. The lowest BCUT2D eigenvalue weighted by Crippen LogP contribution is -1.96. The number of nitrogens with one attached hydrogen (secondary N) is 1. The van der Waals surface area contributed by atoms with Crippen LogP contribution in [0.3, 0.4) is 0 Å². The van der Waals surface area contributed by atoms with E-state index in [2.05, 4.69) is 10.2 Å². The zero-order chi connectivity index (χ0) is 15.4. The molecule has 3 aromatic rings. The van der Waals surface area contributed by atoms with E-state index in [-0.39, 0.29) is 5.69 Å². The van der Waals surface area contributed by atoms with Gasteiger partial charge in [0.2, 0.25) is 0 Å². The molecule has 0 aliphatic heterocycles. The molecule has 0 saturated heterocycles. The molecule has 1 aromatic heterocycles. The number of benzene rings is 2. The van der Waals surface area contributed by atoms with Gasteiger partial charge >= 0.3 is 0 Å². The van der Waals surface area contributed by atoms with Crippen molar-refractivity contribution in [3.8, 4) is 17.0 Å². The van der Waals surface area contributed by atoms with Crippen LogP contribution in [0.1, 0.15) is 5.69 Å². The number of ether oxygens (including phenoxy) is 1. The maximum atomic E-state index is 10.6. The predicted molar refractivity (Wildman–Crippen MR) is 81.5 cm³/mol. The van der Waals surface area contributed by atoms with Gasteiger partial charge in [-0.2, -0.15) is 5.10 Å². The van der Waals surface area contributed by atoms with E-state index in [1.165, 1.54) is 12.1 Å². The largest absolute Gasteiger partial charge is 0.487 e. The number of nitrogens with zero attached hydrogens (tertiary/aromatic N) is 2. The van der Waals surface area contributed by atoms with Gasteiger partial charge in [0, 0.05) is 17.7 Å². The average molecular weight is 295 g/mol. The van der Waals surface area contributed by atoms with Gasteiger partial charge in [-0.1, -0.05) is 30.3 Å². The van der Waals surface area contributed by atoms with E-state index < -0.39 is 4.92 Å². The molecule has 0 unspecified atom stereocenters. The smallest absolute Gasteiger partial charge is 0.269 e. The standard InChI is InChI=1S/C16H13N3O3/c20-19(21)14-6-8-15(9-7-14)22-11-13-10-16(18-17-13)12-4-2-1-3-5-12/h1-10H,11H2,(H,17,18). The quantitative estimate of drug-likeness (QED) is 0.576. The Labute approximate surface area is 126 Å².